The Morgan fingerprint density at radius 1 is 1.10 bits per heavy atom. The fourth-order valence-corrected chi connectivity index (χ4v) is 4.96. The Balaban J connectivity index is 1.39. The minimum absolute atomic E-state index is 0.0284. The summed E-state index contributed by atoms with van der Waals surface area (Å²) in [4.78, 5) is 32.7. The third-order valence-corrected chi connectivity index (χ3v) is 6.99. The van der Waals surface area contributed by atoms with Crippen LogP contribution in [-0.4, -0.2) is 26.4 Å². The van der Waals surface area contributed by atoms with Crippen LogP contribution in [0.2, 0.25) is 0 Å². The summed E-state index contributed by atoms with van der Waals surface area (Å²) in [5.41, 5.74) is 1.20. The number of halogens is 6. The lowest BCUT2D eigenvalue weighted by Crippen LogP contribution is -2.30. The summed E-state index contributed by atoms with van der Waals surface area (Å²) in [6.07, 6.45) is -2.79. The molecule has 1 aliphatic rings. The van der Waals surface area contributed by atoms with Gasteiger partial charge < -0.3 is 10.6 Å². The lowest BCUT2D eigenvalue weighted by molar-refractivity contribution is -0.140. The molecule has 0 radical (unpaired) electrons. The molecule has 0 aliphatic heterocycles. The quantitative estimate of drug-likeness (QED) is 0.214. The summed E-state index contributed by atoms with van der Waals surface area (Å²) < 4.78 is 68.0. The molecule has 0 saturated carbocycles. The fraction of sp³-hybridized carbons (Fsp3) is 0.231. The first-order valence-electron chi connectivity index (χ1n) is 12.0. The Kier molecular flexibility index (Phi) is 7.08. The summed E-state index contributed by atoms with van der Waals surface area (Å²) in [5.74, 6) is -3.87. The number of alkyl halides is 3. The molecular weight excluding hydrogens is 559 g/mol. The topological polar surface area (TPSA) is 100 Å². The number of benzene rings is 2. The van der Waals surface area contributed by atoms with Crippen molar-refractivity contribution in [1.82, 2.24) is 25.2 Å². The largest absolute Gasteiger partial charge is 0.419 e. The number of nitrogens with one attached hydrogen (secondary N) is 3. The number of amides is 2. The van der Waals surface area contributed by atoms with Crippen LogP contribution in [0.5, 0.6) is 0 Å². The molecule has 0 saturated heterocycles. The van der Waals surface area contributed by atoms with Crippen molar-refractivity contribution in [2.75, 3.05) is 4.84 Å². The Hall–Kier alpha value is -4.26. The summed E-state index contributed by atoms with van der Waals surface area (Å²) in [5, 5.41) is 9.11. The van der Waals surface area contributed by atoms with Gasteiger partial charge in [-0.2, -0.15) is 18.3 Å². The van der Waals surface area contributed by atoms with Crippen LogP contribution in [-0.2, 0) is 19.1 Å². The third-order valence-electron chi connectivity index (χ3n) is 6.78. The summed E-state index contributed by atoms with van der Waals surface area (Å²) in [7, 11) is 0. The molecule has 3 N–H and O–H groups in total. The van der Waals surface area contributed by atoms with E-state index in [0.29, 0.717) is 25.0 Å². The molecule has 2 aromatic carbocycles. The van der Waals surface area contributed by atoms with Gasteiger partial charge in [0, 0.05) is 24.4 Å². The maximum atomic E-state index is 14.4. The predicted octanol–water partition coefficient (Wildman–Crippen LogP) is 5.25. The lowest BCUT2D eigenvalue weighted by Gasteiger charge is -2.16. The Labute approximate surface area is 228 Å². The molecular formula is C26H20ClF5N6O2. The van der Waals surface area contributed by atoms with Crippen molar-refractivity contribution in [1.29, 1.82) is 0 Å². The molecule has 0 bridgehead atoms. The van der Waals surface area contributed by atoms with E-state index in [4.69, 9.17) is 11.8 Å². The van der Waals surface area contributed by atoms with Crippen LogP contribution < -0.4 is 15.5 Å². The highest BCUT2D eigenvalue weighted by Crippen LogP contribution is 2.36. The maximum Gasteiger partial charge on any atom is 0.419 e. The van der Waals surface area contributed by atoms with Gasteiger partial charge in [0.25, 0.3) is 11.8 Å². The molecule has 8 nitrogen and oxygen atoms in total. The molecule has 5 rings (SSSR count). The van der Waals surface area contributed by atoms with Crippen LogP contribution in [0.3, 0.4) is 0 Å². The number of hydrogen-bond acceptors (Lipinski definition) is 5. The van der Waals surface area contributed by atoms with Gasteiger partial charge in [-0.05, 0) is 60.2 Å². The zero-order chi connectivity index (χ0) is 28.8. The zero-order valence-electron chi connectivity index (χ0n) is 20.7. The van der Waals surface area contributed by atoms with Crippen molar-refractivity contribution >= 4 is 34.9 Å². The second kappa shape index (κ2) is 10.4. The van der Waals surface area contributed by atoms with E-state index in [1.165, 1.54) is 0 Å². The lowest BCUT2D eigenvalue weighted by atomic mass is 10.0. The maximum absolute atomic E-state index is 14.4. The molecule has 2 heterocycles. The van der Waals surface area contributed by atoms with E-state index in [2.05, 4.69) is 25.6 Å². The number of carbonyl (C=O) groups excluding carboxylic acids is 2. The molecule has 40 heavy (non-hydrogen) atoms. The molecule has 1 atom stereocenters. The van der Waals surface area contributed by atoms with Crippen LogP contribution in [0.25, 0.3) is 5.65 Å². The first-order chi connectivity index (χ1) is 19.0. The van der Waals surface area contributed by atoms with Gasteiger partial charge in [-0.1, -0.05) is 12.1 Å². The average Bonchev–Trinajstić information content (AvgIpc) is 3.50. The van der Waals surface area contributed by atoms with Crippen molar-refractivity contribution in [2.24, 2.45) is 0 Å². The van der Waals surface area contributed by atoms with Crippen molar-refractivity contribution in [3.05, 3.63) is 93.4 Å². The minimum atomic E-state index is -4.92. The Morgan fingerprint density at radius 3 is 2.60 bits per heavy atom. The number of hydrogen-bond donors (Lipinski definition) is 3. The van der Waals surface area contributed by atoms with Gasteiger partial charge in [-0.25, -0.2) is 18.3 Å². The zero-order valence-corrected chi connectivity index (χ0v) is 21.4. The molecule has 0 fully saturated rings. The summed E-state index contributed by atoms with van der Waals surface area (Å²) >= 11 is 5.76. The second-order valence-electron chi connectivity index (χ2n) is 9.21. The Morgan fingerprint density at radius 2 is 1.88 bits per heavy atom. The first kappa shape index (κ1) is 27.3. The first-order valence-corrected chi connectivity index (χ1v) is 12.3. The van der Waals surface area contributed by atoms with Gasteiger partial charge in [-0.3, -0.25) is 14.4 Å². The van der Waals surface area contributed by atoms with Crippen LogP contribution >= 0.6 is 11.8 Å². The highest BCUT2D eigenvalue weighted by atomic mass is 35.5. The van der Waals surface area contributed by atoms with Crippen molar-refractivity contribution < 1.29 is 31.5 Å². The predicted molar refractivity (Wildman–Crippen MR) is 135 cm³/mol. The summed E-state index contributed by atoms with van der Waals surface area (Å²) in [6.45, 7) is 1.50. The van der Waals surface area contributed by atoms with Gasteiger partial charge >= 0.3 is 6.18 Å². The minimum Gasteiger partial charge on any atom is -0.347 e. The number of fused-ring (bicyclic) bond motifs is 2. The number of nitrogens with zero attached hydrogens (tertiary/aromatic N) is 3. The van der Waals surface area contributed by atoms with Gasteiger partial charge in [0.1, 0.15) is 17.2 Å². The number of aromatic nitrogens is 3. The molecule has 208 valence electrons. The van der Waals surface area contributed by atoms with Gasteiger partial charge in [-0.15, -0.1) is 0 Å². The molecule has 2 amide bonds. The average molecular weight is 579 g/mol. The number of carbonyl (C=O) groups is 2. The SMILES string of the molecule is Cc1c(NCl)ccc2c1CC[C@@H]2NC(=O)c1cc(C(=O)NCc2ccc(F)c(C(F)(F)F)c2)nc2c(F)cnn12. The standard InChI is InChI=1S/C26H20ClF5N6O2/c1-12-14-3-7-20(15(14)4-6-19(12)37-27)36-25(40)22-9-21(35-23-18(29)11-34-38(22)23)24(39)33-10-13-2-5-17(28)16(8-13)26(30,31)32/h2,4-6,8-9,11,20,37H,3,7,10H2,1H3,(H,33,39)(H,36,40)/t20-/m0/s1. The number of anilines is 1. The van der Waals surface area contributed by atoms with Crippen molar-refractivity contribution in [3.8, 4) is 0 Å². The van der Waals surface area contributed by atoms with E-state index in [-0.39, 0.29) is 28.6 Å². The smallest absolute Gasteiger partial charge is 0.347 e. The van der Waals surface area contributed by atoms with Crippen LogP contribution in [0.15, 0.2) is 42.6 Å². The summed E-state index contributed by atoms with van der Waals surface area (Å²) in [6, 6.07) is 6.69. The normalized spacial score (nSPS) is 14.7. The highest BCUT2D eigenvalue weighted by Gasteiger charge is 2.34. The van der Waals surface area contributed by atoms with Gasteiger partial charge in [0.15, 0.2) is 11.5 Å². The molecule has 1 aliphatic carbocycles. The van der Waals surface area contributed by atoms with Crippen molar-refractivity contribution in [3.63, 3.8) is 0 Å². The van der Waals surface area contributed by atoms with Crippen LogP contribution in [0.4, 0.5) is 27.6 Å². The second-order valence-corrected chi connectivity index (χ2v) is 9.40. The Bertz CT molecular complexity index is 1660. The van der Waals surface area contributed by atoms with Gasteiger partial charge in [0.05, 0.1) is 23.5 Å². The third kappa shape index (κ3) is 5.04. The van der Waals surface area contributed by atoms with E-state index in [0.717, 1.165) is 45.2 Å². The molecule has 0 spiro atoms. The molecule has 14 heteroatoms. The van der Waals surface area contributed by atoms with Crippen LogP contribution in [0, 0.1) is 18.6 Å². The van der Waals surface area contributed by atoms with Gasteiger partial charge in [0.2, 0.25) is 0 Å². The molecule has 4 aromatic rings. The molecule has 0 unspecified atom stereocenters. The van der Waals surface area contributed by atoms with Crippen LogP contribution in [0.1, 0.15) is 61.3 Å². The number of rotatable bonds is 6. The van der Waals surface area contributed by atoms with E-state index in [9.17, 15) is 31.5 Å². The van der Waals surface area contributed by atoms with Crippen molar-refractivity contribution in [2.45, 2.75) is 38.5 Å². The monoisotopic (exact) mass is 578 g/mol. The van der Waals surface area contributed by atoms with E-state index >= 15 is 0 Å². The van der Waals surface area contributed by atoms with E-state index in [1.807, 2.05) is 13.0 Å². The molecule has 2 aromatic heterocycles. The highest BCUT2D eigenvalue weighted by molar-refractivity contribution is 6.24. The van der Waals surface area contributed by atoms with E-state index in [1.54, 1.807) is 6.07 Å². The fourth-order valence-electron chi connectivity index (χ4n) is 4.75. The van der Waals surface area contributed by atoms with E-state index < -0.39 is 41.7 Å².